The van der Waals surface area contributed by atoms with Gasteiger partial charge in [0, 0.05) is 37.4 Å². The fourth-order valence-corrected chi connectivity index (χ4v) is 11.6. The Morgan fingerprint density at radius 3 is 1.93 bits per heavy atom. The molecule has 0 aliphatic heterocycles. The van der Waals surface area contributed by atoms with E-state index in [1.165, 1.54) is 38.5 Å². The molecule has 318 valence electrons. The Hall–Kier alpha value is -2.24. The molecule has 11 atom stereocenters. The fraction of sp³-hybridized carbons (Fsp3) is 0.909. The summed E-state index contributed by atoms with van der Waals surface area (Å²) >= 11 is 0. The minimum absolute atomic E-state index is 0. The van der Waals surface area contributed by atoms with Crippen molar-refractivity contribution in [3.8, 4) is 0 Å². The van der Waals surface area contributed by atoms with Crippen molar-refractivity contribution >= 4 is 23.9 Å². The molecule has 11 nitrogen and oxygen atoms in total. The first-order valence-corrected chi connectivity index (χ1v) is 21.8. The van der Waals surface area contributed by atoms with Gasteiger partial charge in [-0.25, -0.2) is 0 Å². The first kappa shape index (κ1) is 47.1. The average molecular weight is 778 g/mol. The monoisotopic (exact) mass is 778 g/mol. The van der Waals surface area contributed by atoms with Crippen molar-refractivity contribution in [3.63, 3.8) is 0 Å². The Morgan fingerprint density at radius 2 is 1.29 bits per heavy atom. The zero-order chi connectivity index (χ0) is 39.3. The van der Waals surface area contributed by atoms with Crippen molar-refractivity contribution in [1.29, 1.82) is 0 Å². The molecule has 55 heavy (non-hydrogen) atoms. The van der Waals surface area contributed by atoms with E-state index in [-0.39, 0.29) is 135 Å². The van der Waals surface area contributed by atoms with Crippen LogP contribution in [0.4, 0.5) is 0 Å². The van der Waals surface area contributed by atoms with Crippen LogP contribution in [0.3, 0.4) is 0 Å². The predicted octanol–water partition coefficient (Wildman–Crippen LogP) is 7.38. The quantitative estimate of drug-likeness (QED) is 0.0566. The molecular formula is C44H79N3O8. The largest absolute Gasteiger partial charge is 0.466 e. The predicted molar refractivity (Wildman–Crippen MR) is 215 cm³/mol. The molecule has 0 aromatic heterocycles. The number of unbranched alkanes of at least 4 members (excludes halogenated alkanes) is 7. The molecule has 11 heteroatoms. The molecule has 0 unspecified atom stereocenters. The maximum Gasteiger partial charge on any atom is 0.307 e. The van der Waals surface area contributed by atoms with Crippen LogP contribution in [-0.4, -0.2) is 68.4 Å². The molecule has 0 bridgehead atoms. The SMILES string of the molecule is C.CCCCCCCCCCOC(=O)CC[C@@H](C)[C@H]1CC[C@H]2[C@@H]3[C@H](OC(=O)CCN)C[C@@H]4C[C@H](OC(=O)CCN)CC[C@]4(C)[C@H]3C[C@H](OC(=O)CCN)[C@]12C. The van der Waals surface area contributed by atoms with Gasteiger partial charge in [0.05, 0.1) is 25.9 Å². The van der Waals surface area contributed by atoms with Crippen molar-refractivity contribution in [2.24, 2.45) is 63.5 Å². The van der Waals surface area contributed by atoms with Crippen LogP contribution in [0.5, 0.6) is 0 Å². The molecule has 4 saturated carbocycles. The number of esters is 4. The topological polar surface area (TPSA) is 183 Å². The van der Waals surface area contributed by atoms with Crippen molar-refractivity contribution in [2.45, 2.75) is 182 Å². The van der Waals surface area contributed by atoms with Crippen LogP contribution in [0.2, 0.25) is 0 Å². The molecule has 6 N–H and O–H groups in total. The summed E-state index contributed by atoms with van der Waals surface area (Å²) in [6.07, 6.45) is 15.9. The van der Waals surface area contributed by atoms with E-state index in [9.17, 15) is 19.2 Å². The van der Waals surface area contributed by atoms with Crippen LogP contribution in [0.1, 0.15) is 164 Å². The molecule has 0 aromatic carbocycles. The van der Waals surface area contributed by atoms with Crippen molar-refractivity contribution < 1.29 is 38.1 Å². The van der Waals surface area contributed by atoms with Gasteiger partial charge in [-0.1, -0.05) is 80.1 Å². The third kappa shape index (κ3) is 11.9. The molecule has 0 amide bonds. The lowest BCUT2D eigenvalue weighted by atomic mass is 9.43. The lowest BCUT2D eigenvalue weighted by Crippen LogP contribution is -2.63. The summed E-state index contributed by atoms with van der Waals surface area (Å²) in [7, 11) is 0. The number of hydrogen-bond acceptors (Lipinski definition) is 11. The average Bonchev–Trinajstić information content (AvgIpc) is 3.49. The van der Waals surface area contributed by atoms with E-state index in [0.717, 1.165) is 38.5 Å². The molecule has 0 aromatic rings. The van der Waals surface area contributed by atoms with E-state index in [4.69, 9.17) is 36.1 Å². The smallest absolute Gasteiger partial charge is 0.307 e. The summed E-state index contributed by atoms with van der Waals surface area (Å²) in [6, 6.07) is 0. The Kier molecular flexibility index (Phi) is 19.4. The molecule has 4 aliphatic rings. The molecule has 0 heterocycles. The Bertz CT molecular complexity index is 1220. The fourth-order valence-electron chi connectivity index (χ4n) is 11.6. The normalized spacial score (nSPS) is 32.9. The van der Waals surface area contributed by atoms with Gasteiger partial charge < -0.3 is 36.1 Å². The van der Waals surface area contributed by atoms with Crippen molar-refractivity contribution in [2.75, 3.05) is 26.2 Å². The zero-order valence-electron chi connectivity index (χ0n) is 34.2. The summed E-state index contributed by atoms with van der Waals surface area (Å²) in [5.74, 6) is -0.000836. The van der Waals surface area contributed by atoms with Gasteiger partial charge in [-0.15, -0.1) is 0 Å². The van der Waals surface area contributed by atoms with Crippen LogP contribution in [0.25, 0.3) is 0 Å². The summed E-state index contributed by atoms with van der Waals surface area (Å²) < 4.78 is 24.4. The lowest BCUT2D eigenvalue weighted by Gasteiger charge is -2.64. The summed E-state index contributed by atoms with van der Waals surface area (Å²) in [6.45, 7) is 10.3. The zero-order valence-corrected chi connectivity index (χ0v) is 34.2. The number of fused-ring (bicyclic) bond motifs is 5. The Labute approximate surface area is 333 Å². The lowest BCUT2D eigenvalue weighted by molar-refractivity contribution is -0.225. The second-order valence-electron chi connectivity index (χ2n) is 17.7. The van der Waals surface area contributed by atoms with Gasteiger partial charge >= 0.3 is 23.9 Å². The van der Waals surface area contributed by atoms with E-state index >= 15 is 0 Å². The van der Waals surface area contributed by atoms with Crippen LogP contribution in [-0.2, 0) is 38.1 Å². The van der Waals surface area contributed by atoms with Gasteiger partial charge in [-0.3, -0.25) is 19.2 Å². The molecule has 0 saturated heterocycles. The Morgan fingerprint density at radius 1 is 0.691 bits per heavy atom. The number of carbonyl (C=O) groups is 4. The maximum absolute atomic E-state index is 13.3. The number of hydrogen-bond donors (Lipinski definition) is 3. The van der Waals surface area contributed by atoms with E-state index in [2.05, 4.69) is 27.7 Å². The molecular weight excluding hydrogens is 698 g/mol. The second-order valence-corrected chi connectivity index (χ2v) is 17.7. The molecule has 4 fully saturated rings. The van der Waals surface area contributed by atoms with Crippen LogP contribution >= 0.6 is 0 Å². The van der Waals surface area contributed by atoms with Gasteiger partial charge in [0.2, 0.25) is 0 Å². The van der Waals surface area contributed by atoms with E-state index in [0.29, 0.717) is 38.7 Å². The van der Waals surface area contributed by atoms with Crippen molar-refractivity contribution in [3.05, 3.63) is 0 Å². The van der Waals surface area contributed by atoms with Gasteiger partial charge in [0.25, 0.3) is 0 Å². The second kappa shape index (κ2) is 22.6. The van der Waals surface area contributed by atoms with E-state index in [1.807, 2.05) is 0 Å². The van der Waals surface area contributed by atoms with E-state index in [1.54, 1.807) is 0 Å². The maximum atomic E-state index is 13.3. The number of carbonyl (C=O) groups excluding carboxylic acids is 4. The van der Waals surface area contributed by atoms with Gasteiger partial charge in [0.15, 0.2) is 0 Å². The number of ether oxygens (including phenoxy) is 4. The van der Waals surface area contributed by atoms with Crippen molar-refractivity contribution in [1.82, 2.24) is 0 Å². The number of nitrogens with two attached hydrogens (primary N) is 3. The Balaban J connectivity index is 0.00000812. The molecule has 0 radical (unpaired) electrons. The van der Waals surface area contributed by atoms with Crippen LogP contribution in [0.15, 0.2) is 0 Å². The van der Waals surface area contributed by atoms with Gasteiger partial charge in [-0.2, -0.15) is 0 Å². The molecule has 4 rings (SSSR count). The molecule has 0 spiro atoms. The summed E-state index contributed by atoms with van der Waals surface area (Å²) in [5, 5.41) is 0. The highest BCUT2D eigenvalue weighted by Crippen LogP contribution is 2.69. The minimum atomic E-state index is -0.372. The van der Waals surface area contributed by atoms with Gasteiger partial charge in [-0.05, 0) is 92.8 Å². The van der Waals surface area contributed by atoms with E-state index < -0.39 is 0 Å². The third-order valence-corrected chi connectivity index (χ3v) is 14.4. The summed E-state index contributed by atoms with van der Waals surface area (Å²) in [4.78, 5) is 51.7. The third-order valence-electron chi connectivity index (χ3n) is 14.4. The first-order valence-electron chi connectivity index (χ1n) is 21.8. The first-order chi connectivity index (χ1) is 25.9. The highest BCUT2D eigenvalue weighted by Gasteiger charge is 2.67. The van der Waals surface area contributed by atoms with Gasteiger partial charge in [0.1, 0.15) is 18.3 Å². The highest BCUT2D eigenvalue weighted by atomic mass is 16.6. The highest BCUT2D eigenvalue weighted by molar-refractivity contribution is 5.71. The number of rotatable bonds is 22. The van der Waals surface area contributed by atoms with Crippen LogP contribution in [0, 0.1) is 46.3 Å². The molecule has 4 aliphatic carbocycles. The van der Waals surface area contributed by atoms with Crippen LogP contribution < -0.4 is 17.2 Å². The minimum Gasteiger partial charge on any atom is -0.466 e. The summed E-state index contributed by atoms with van der Waals surface area (Å²) in [5.41, 5.74) is 16.8. The standard InChI is InChI=1S/C43H75N3O8.CH4/c1-5-6-7-8-9-10-11-12-25-51-37(47)16-13-29(2)32-14-15-33-41-34(28-36(43(32,33)4)54-40(50)20-24-46)42(3)21-17-31(52-38(48)18-22-44)26-30(42)27-35(41)53-39(49)19-23-45;/h29-36,41H,5-28,44-46H2,1-4H3;1H4/t29-,30+,31-,32-,33+,34+,35-,36+,41+,42+,43-;/m1./s1.